The van der Waals surface area contributed by atoms with Gasteiger partial charge in [-0.05, 0) is 56.2 Å². The van der Waals surface area contributed by atoms with Crippen LogP contribution < -0.4 is 5.32 Å². The molecule has 0 amide bonds. The molecular formula is C15H22Cl2N2O. The van der Waals surface area contributed by atoms with Crippen molar-refractivity contribution in [3.8, 4) is 0 Å². The number of halogens is 2. The first-order chi connectivity index (χ1) is 9.75. The lowest BCUT2D eigenvalue weighted by molar-refractivity contribution is 0.0375. The molecule has 0 aliphatic carbocycles. The molecule has 112 valence electrons. The molecule has 0 aromatic heterocycles. The van der Waals surface area contributed by atoms with E-state index in [1.165, 1.54) is 6.42 Å². The van der Waals surface area contributed by atoms with Crippen molar-refractivity contribution in [1.29, 1.82) is 0 Å². The lowest BCUT2D eigenvalue weighted by Gasteiger charge is -2.26. The van der Waals surface area contributed by atoms with Crippen LogP contribution in [0.15, 0.2) is 18.2 Å². The molecule has 1 aliphatic heterocycles. The monoisotopic (exact) mass is 316 g/mol. The molecule has 1 saturated heterocycles. The van der Waals surface area contributed by atoms with Gasteiger partial charge in [-0.15, -0.1) is 0 Å². The van der Waals surface area contributed by atoms with Crippen LogP contribution in [-0.4, -0.2) is 50.8 Å². The fraction of sp³-hybridized carbons (Fsp3) is 0.600. The maximum atomic E-state index is 6.13. The predicted molar refractivity (Wildman–Crippen MR) is 84.9 cm³/mol. The summed E-state index contributed by atoms with van der Waals surface area (Å²) < 4.78 is 5.33. The number of hydrogen-bond donors (Lipinski definition) is 1. The van der Waals surface area contributed by atoms with Crippen molar-refractivity contribution in [1.82, 2.24) is 10.2 Å². The molecule has 0 radical (unpaired) electrons. The molecule has 0 saturated carbocycles. The molecule has 0 spiro atoms. The molecule has 0 unspecified atom stereocenters. The van der Waals surface area contributed by atoms with E-state index in [9.17, 15) is 0 Å². The summed E-state index contributed by atoms with van der Waals surface area (Å²) >= 11 is 12.1. The van der Waals surface area contributed by atoms with E-state index in [0.29, 0.717) is 0 Å². The average Bonchev–Trinajstić information content (AvgIpc) is 2.47. The summed E-state index contributed by atoms with van der Waals surface area (Å²) in [5.74, 6) is 0. The Morgan fingerprint density at radius 2 is 1.95 bits per heavy atom. The first kappa shape index (κ1) is 16.1. The van der Waals surface area contributed by atoms with Gasteiger partial charge in [-0.1, -0.05) is 23.2 Å². The van der Waals surface area contributed by atoms with Crippen LogP contribution >= 0.6 is 23.2 Å². The highest BCUT2D eigenvalue weighted by molar-refractivity contribution is 6.33. The Balaban J connectivity index is 1.56. The number of morpholine rings is 1. The lowest BCUT2D eigenvalue weighted by Crippen LogP contribution is -2.37. The Bertz CT molecular complexity index is 409. The predicted octanol–water partition coefficient (Wildman–Crippen LogP) is 2.85. The normalized spacial score (nSPS) is 16.5. The molecule has 1 aliphatic rings. The van der Waals surface area contributed by atoms with Crippen LogP contribution in [0.5, 0.6) is 0 Å². The largest absolute Gasteiger partial charge is 0.379 e. The maximum absolute atomic E-state index is 6.13. The number of rotatable bonds is 7. The van der Waals surface area contributed by atoms with E-state index in [4.69, 9.17) is 27.9 Å². The third-order valence-corrected chi connectivity index (χ3v) is 4.11. The van der Waals surface area contributed by atoms with Crippen LogP contribution in [0.25, 0.3) is 0 Å². The van der Waals surface area contributed by atoms with Crippen LogP contribution in [0, 0.1) is 0 Å². The van der Waals surface area contributed by atoms with E-state index in [-0.39, 0.29) is 0 Å². The highest BCUT2D eigenvalue weighted by atomic mass is 35.5. The zero-order valence-corrected chi connectivity index (χ0v) is 13.2. The zero-order chi connectivity index (χ0) is 14.2. The number of hydrogen-bond acceptors (Lipinski definition) is 3. The van der Waals surface area contributed by atoms with E-state index >= 15 is 0 Å². The van der Waals surface area contributed by atoms with Crippen molar-refractivity contribution >= 4 is 23.2 Å². The fourth-order valence-electron chi connectivity index (χ4n) is 2.34. The van der Waals surface area contributed by atoms with E-state index < -0.39 is 0 Å². The summed E-state index contributed by atoms with van der Waals surface area (Å²) in [5, 5.41) is 5.00. The van der Waals surface area contributed by atoms with Gasteiger partial charge in [0.2, 0.25) is 0 Å². The number of nitrogens with zero attached hydrogens (tertiary/aromatic N) is 1. The maximum Gasteiger partial charge on any atom is 0.0594 e. The minimum atomic E-state index is 0.747. The van der Waals surface area contributed by atoms with Gasteiger partial charge >= 0.3 is 0 Å². The quantitative estimate of drug-likeness (QED) is 0.783. The van der Waals surface area contributed by atoms with E-state index in [1.54, 1.807) is 0 Å². The van der Waals surface area contributed by atoms with Gasteiger partial charge in [0, 0.05) is 23.1 Å². The molecule has 2 rings (SSSR count). The van der Waals surface area contributed by atoms with E-state index in [0.717, 1.165) is 68.0 Å². The molecule has 1 heterocycles. The molecule has 1 aromatic carbocycles. The number of ether oxygens (including phenoxy) is 1. The number of benzene rings is 1. The summed E-state index contributed by atoms with van der Waals surface area (Å²) in [6.07, 6.45) is 2.08. The van der Waals surface area contributed by atoms with E-state index in [2.05, 4.69) is 10.2 Å². The van der Waals surface area contributed by atoms with Crippen LogP contribution in [0.3, 0.4) is 0 Å². The van der Waals surface area contributed by atoms with Crippen LogP contribution in [0.1, 0.15) is 12.0 Å². The first-order valence-electron chi connectivity index (χ1n) is 7.20. The van der Waals surface area contributed by atoms with Gasteiger partial charge in [0.1, 0.15) is 0 Å². The molecule has 1 fully saturated rings. The van der Waals surface area contributed by atoms with Gasteiger partial charge in [-0.25, -0.2) is 0 Å². The second-order valence-corrected chi connectivity index (χ2v) is 5.89. The van der Waals surface area contributed by atoms with Crippen molar-refractivity contribution in [2.24, 2.45) is 0 Å². The molecule has 1 aromatic rings. The van der Waals surface area contributed by atoms with Gasteiger partial charge in [0.05, 0.1) is 13.2 Å². The fourth-order valence-corrected chi connectivity index (χ4v) is 2.74. The minimum absolute atomic E-state index is 0.747. The highest BCUT2D eigenvalue weighted by Crippen LogP contribution is 2.20. The first-order valence-corrected chi connectivity index (χ1v) is 7.96. The third kappa shape index (κ3) is 5.58. The number of nitrogens with one attached hydrogen (secondary N) is 1. The van der Waals surface area contributed by atoms with Gasteiger partial charge in [-0.2, -0.15) is 0 Å². The Morgan fingerprint density at radius 1 is 1.15 bits per heavy atom. The third-order valence-electron chi connectivity index (χ3n) is 3.51. The molecule has 1 N–H and O–H groups in total. The summed E-state index contributed by atoms with van der Waals surface area (Å²) in [5.41, 5.74) is 1.11. The Labute approximate surface area is 131 Å². The van der Waals surface area contributed by atoms with Crippen LogP contribution in [-0.2, 0) is 11.2 Å². The van der Waals surface area contributed by atoms with Gasteiger partial charge in [-0.3, -0.25) is 4.90 Å². The Morgan fingerprint density at radius 3 is 2.75 bits per heavy atom. The van der Waals surface area contributed by atoms with Crippen LogP contribution in [0.2, 0.25) is 10.0 Å². The van der Waals surface area contributed by atoms with Crippen LogP contribution in [0.4, 0.5) is 0 Å². The van der Waals surface area contributed by atoms with Crippen molar-refractivity contribution < 1.29 is 4.74 Å². The van der Waals surface area contributed by atoms with Crippen molar-refractivity contribution in [2.45, 2.75) is 12.8 Å². The Kier molecular flexibility index (Phi) is 7.11. The summed E-state index contributed by atoms with van der Waals surface area (Å²) in [7, 11) is 0. The summed E-state index contributed by atoms with van der Waals surface area (Å²) in [6.45, 7) is 7.00. The summed E-state index contributed by atoms with van der Waals surface area (Å²) in [4.78, 5) is 2.46. The molecule has 0 atom stereocenters. The molecular weight excluding hydrogens is 295 g/mol. The molecule has 3 nitrogen and oxygen atoms in total. The van der Waals surface area contributed by atoms with Crippen molar-refractivity contribution in [2.75, 3.05) is 45.9 Å². The second kappa shape index (κ2) is 8.85. The lowest BCUT2D eigenvalue weighted by atomic mass is 10.1. The van der Waals surface area contributed by atoms with Gasteiger partial charge in [0.25, 0.3) is 0 Å². The zero-order valence-electron chi connectivity index (χ0n) is 11.7. The van der Waals surface area contributed by atoms with Crippen molar-refractivity contribution in [3.63, 3.8) is 0 Å². The topological polar surface area (TPSA) is 24.5 Å². The molecule has 20 heavy (non-hydrogen) atoms. The summed E-state index contributed by atoms with van der Waals surface area (Å²) in [6, 6.07) is 5.63. The second-order valence-electron chi connectivity index (χ2n) is 5.04. The standard InChI is InChI=1S/C15H22Cl2N2O/c16-14-2-3-15(17)13(12-14)4-6-18-5-1-7-19-8-10-20-11-9-19/h2-3,12,18H,1,4-11H2. The minimum Gasteiger partial charge on any atom is -0.379 e. The van der Waals surface area contributed by atoms with Crippen molar-refractivity contribution in [3.05, 3.63) is 33.8 Å². The highest BCUT2D eigenvalue weighted by Gasteiger charge is 2.08. The smallest absolute Gasteiger partial charge is 0.0594 e. The molecule has 5 heteroatoms. The Hall–Kier alpha value is -0.320. The average molecular weight is 317 g/mol. The van der Waals surface area contributed by atoms with Gasteiger partial charge in [0.15, 0.2) is 0 Å². The van der Waals surface area contributed by atoms with E-state index in [1.807, 2.05) is 18.2 Å². The molecule has 0 bridgehead atoms. The SMILES string of the molecule is Clc1ccc(Cl)c(CCNCCCN2CCOCC2)c1. The van der Waals surface area contributed by atoms with Gasteiger partial charge < -0.3 is 10.1 Å².